The minimum absolute atomic E-state index is 0.0815. The fourth-order valence-electron chi connectivity index (χ4n) is 4.35. The van der Waals surface area contributed by atoms with Crippen LogP contribution >= 0.6 is 12.2 Å². The van der Waals surface area contributed by atoms with Gasteiger partial charge in [0.25, 0.3) is 0 Å². The third-order valence-electron chi connectivity index (χ3n) is 6.04. The molecule has 1 atom stereocenters. The van der Waals surface area contributed by atoms with Crippen LogP contribution in [-0.2, 0) is 6.42 Å². The van der Waals surface area contributed by atoms with Crippen LogP contribution in [0.5, 0.6) is 11.5 Å². The molecule has 3 rings (SSSR count). The minimum atomic E-state index is 0.0815. The van der Waals surface area contributed by atoms with E-state index in [0.29, 0.717) is 17.4 Å². The summed E-state index contributed by atoms with van der Waals surface area (Å²) in [6, 6.07) is 3.81. The molecule has 1 aromatic rings. The van der Waals surface area contributed by atoms with Crippen molar-refractivity contribution in [2.45, 2.75) is 45.4 Å². The van der Waals surface area contributed by atoms with Crippen molar-refractivity contribution in [1.82, 2.24) is 10.2 Å². The third kappa shape index (κ3) is 4.59. The predicted octanol–water partition coefficient (Wildman–Crippen LogP) is 3.84. The molecule has 0 saturated carbocycles. The second kappa shape index (κ2) is 9.59. The van der Waals surface area contributed by atoms with Gasteiger partial charge in [0.15, 0.2) is 22.4 Å². The van der Waals surface area contributed by atoms with Crippen molar-refractivity contribution in [2.24, 2.45) is 11.8 Å². The standard InChI is InChI=1S/C22H32N2O3S/c1-4-5-8-23-22(28)24-9-6-15(7-10-24)11-17-12-16-13-19(26-2)20(27-3)14-18(16)21(17)25/h13-15,17H,4-12H2,1-3H3,(H,23,28). The van der Waals surface area contributed by atoms with Crippen LogP contribution in [0.3, 0.4) is 0 Å². The molecule has 1 N–H and O–H groups in total. The summed E-state index contributed by atoms with van der Waals surface area (Å²) in [5, 5.41) is 4.25. The van der Waals surface area contributed by atoms with Gasteiger partial charge in [0.2, 0.25) is 0 Å². The third-order valence-corrected chi connectivity index (χ3v) is 6.44. The molecule has 1 saturated heterocycles. The van der Waals surface area contributed by atoms with E-state index < -0.39 is 0 Å². The number of ether oxygens (including phenoxy) is 2. The van der Waals surface area contributed by atoms with E-state index in [1.54, 1.807) is 14.2 Å². The molecule has 5 nitrogen and oxygen atoms in total. The second-order valence-corrected chi connectivity index (χ2v) is 8.27. The average molecular weight is 405 g/mol. The largest absolute Gasteiger partial charge is 0.493 e. The number of hydrogen-bond acceptors (Lipinski definition) is 4. The number of Topliss-reactive ketones (excluding diaryl/α,β-unsaturated/α-hetero) is 1. The summed E-state index contributed by atoms with van der Waals surface area (Å²) in [6.07, 6.45) is 6.29. The smallest absolute Gasteiger partial charge is 0.168 e. The molecule has 1 aliphatic heterocycles. The van der Waals surface area contributed by atoms with Crippen LogP contribution in [0, 0.1) is 11.8 Å². The van der Waals surface area contributed by atoms with Gasteiger partial charge in [0.1, 0.15) is 0 Å². The zero-order valence-electron chi connectivity index (χ0n) is 17.3. The van der Waals surface area contributed by atoms with Crippen molar-refractivity contribution in [2.75, 3.05) is 33.9 Å². The number of fused-ring (bicyclic) bond motifs is 1. The first-order chi connectivity index (χ1) is 13.6. The van der Waals surface area contributed by atoms with E-state index in [2.05, 4.69) is 17.1 Å². The first-order valence-electron chi connectivity index (χ1n) is 10.4. The number of benzene rings is 1. The number of hydrogen-bond donors (Lipinski definition) is 1. The molecule has 6 heteroatoms. The molecule has 0 aromatic heterocycles. The van der Waals surface area contributed by atoms with Gasteiger partial charge in [-0.1, -0.05) is 13.3 Å². The Labute approximate surface area is 173 Å². The van der Waals surface area contributed by atoms with Gasteiger partial charge in [-0.25, -0.2) is 0 Å². The number of nitrogens with one attached hydrogen (secondary N) is 1. The van der Waals surface area contributed by atoms with Gasteiger partial charge in [-0.3, -0.25) is 4.79 Å². The molecular formula is C22H32N2O3S. The summed E-state index contributed by atoms with van der Waals surface area (Å²) in [5.74, 6) is 2.26. The van der Waals surface area contributed by atoms with Crippen LogP contribution in [0.1, 0.15) is 54.9 Å². The molecule has 1 unspecified atom stereocenters. The fourth-order valence-corrected chi connectivity index (χ4v) is 4.63. The van der Waals surface area contributed by atoms with Crippen LogP contribution in [0.2, 0.25) is 0 Å². The number of likely N-dealkylation sites (tertiary alicyclic amines) is 1. The molecular weight excluding hydrogens is 372 g/mol. The molecule has 0 bridgehead atoms. The Hall–Kier alpha value is -1.82. The fraction of sp³-hybridized carbons (Fsp3) is 0.636. The lowest BCUT2D eigenvalue weighted by molar-refractivity contribution is 0.0907. The Balaban J connectivity index is 1.53. The number of ketones is 1. The van der Waals surface area contributed by atoms with E-state index in [9.17, 15) is 4.79 Å². The molecule has 0 amide bonds. The van der Waals surface area contributed by atoms with Gasteiger partial charge < -0.3 is 19.7 Å². The van der Waals surface area contributed by atoms with Crippen LogP contribution in [0.15, 0.2) is 12.1 Å². The van der Waals surface area contributed by atoms with Crippen molar-refractivity contribution >= 4 is 23.1 Å². The number of piperidine rings is 1. The molecule has 1 aromatic carbocycles. The summed E-state index contributed by atoms with van der Waals surface area (Å²) in [7, 11) is 3.24. The van der Waals surface area contributed by atoms with E-state index in [4.69, 9.17) is 21.7 Å². The first kappa shape index (κ1) is 20.9. The topological polar surface area (TPSA) is 50.8 Å². The molecule has 28 heavy (non-hydrogen) atoms. The van der Waals surface area contributed by atoms with Crippen molar-refractivity contribution < 1.29 is 14.3 Å². The Bertz CT molecular complexity index is 714. The summed E-state index contributed by atoms with van der Waals surface area (Å²) >= 11 is 5.52. The molecule has 0 spiro atoms. The normalized spacial score (nSPS) is 19.5. The highest BCUT2D eigenvalue weighted by molar-refractivity contribution is 7.80. The molecule has 0 radical (unpaired) electrons. The van der Waals surface area contributed by atoms with E-state index >= 15 is 0 Å². The van der Waals surface area contributed by atoms with Gasteiger partial charge in [0, 0.05) is 31.1 Å². The van der Waals surface area contributed by atoms with Crippen molar-refractivity contribution in [1.29, 1.82) is 0 Å². The molecule has 154 valence electrons. The summed E-state index contributed by atoms with van der Waals surface area (Å²) in [6.45, 7) is 5.11. The van der Waals surface area contributed by atoms with E-state index in [-0.39, 0.29) is 11.7 Å². The maximum atomic E-state index is 12.9. The van der Waals surface area contributed by atoms with Crippen LogP contribution in [0.4, 0.5) is 0 Å². The Morgan fingerprint density at radius 2 is 1.89 bits per heavy atom. The van der Waals surface area contributed by atoms with Crippen molar-refractivity contribution in [3.63, 3.8) is 0 Å². The lowest BCUT2D eigenvalue weighted by atomic mass is 9.85. The highest BCUT2D eigenvalue weighted by atomic mass is 32.1. The summed E-state index contributed by atoms with van der Waals surface area (Å²) < 4.78 is 10.8. The monoisotopic (exact) mass is 404 g/mol. The number of methoxy groups -OCH3 is 2. The maximum Gasteiger partial charge on any atom is 0.168 e. The van der Waals surface area contributed by atoms with Gasteiger partial charge in [-0.15, -0.1) is 0 Å². The average Bonchev–Trinajstić information content (AvgIpc) is 3.02. The van der Waals surface area contributed by atoms with Crippen LogP contribution in [0.25, 0.3) is 0 Å². The number of carbonyl (C=O) groups excluding carboxylic acids is 1. The van der Waals surface area contributed by atoms with Crippen molar-refractivity contribution in [3.8, 4) is 11.5 Å². The molecule has 1 fully saturated rings. The number of thiocarbonyl (C=S) groups is 1. The first-order valence-corrected chi connectivity index (χ1v) is 10.8. The SMILES string of the molecule is CCCCNC(=S)N1CCC(CC2Cc3cc(OC)c(OC)cc3C2=O)CC1. The zero-order chi connectivity index (χ0) is 20.1. The Morgan fingerprint density at radius 3 is 2.54 bits per heavy atom. The lowest BCUT2D eigenvalue weighted by Crippen LogP contribution is -2.44. The quantitative estimate of drug-likeness (QED) is 0.551. The van der Waals surface area contributed by atoms with E-state index in [1.807, 2.05) is 12.1 Å². The predicted molar refractivity (Wildman–Crippen MR) is 115 cm³/mol. The van der Waals surface area contributed by atoms with Gasteiger partial charge in [-0.05, 0) is 67.9 Å². The van der Waals surface area contributed by atoms with Gasteiger partial charge in [-0.2, -0.15) is 0 Å². The number of unbranched alkanes of at least 4 members (excludes halogenated alkanes) is 1. The number of carbonyl (C=O) groups is 1. The number of nitrogens with zero attached hydrogens (tertiary/aromatic N) is 1. The Morgan fingerprint density at radius 1 is 1.21 bits per heavy atom. The summed E-state index contributed by atoms with van der Waals surface area (Å²) in [5.41, 5.74) is 1.90. The maximum absolute atomic E-state index is 12.9. The zero-order valence-corrected chi connectivity index (χ0v) is 18.1. The van der Waals surface area contributed by atoms with Gasteiger partial charge >= 0.3 is 0 Å². The van der Waals surface area contributed by atoms with Crippen LogP contribution in [-0.4, -0.2) is 49.6 Å². The Kier molecular flexibility index (Phi) is 7.16. The highest BCUT2D eigenvalue weighted by Crippen LogP contribution is 2.39. The lowest BCUT2D eigenvalue weighted by Gasteiger charge is -2.34. The number of rotatable bonds is 7. The molecule has 1 heterocycles. The van der Waals surface area contributed by atoms with Gasteiger partial charge in [0.05, 0.1) is 14.2 Å². The van der Waals surface area contributed by atoms with E-state index in [0.717, 1.165) is 68.0 Å². The molecule has 1 aliphatic carbocycles. The highest BCUT2D eigenvalue weighted by Gasteiger charge is 2.34. The minimum Gasteiger partial charge on any atom is -0.493 e. The van der Waals surface area contributed by atoms with E-state index in [1.165, 1.54) is 6.42 Å². The van der Waals surface area contributed by atoms with Crippen LogP contribution < -0.4 is 14.8 Å². The molecule has 2 aliphatic rings. The second-order valence-electron chi connectivity index (χ2n) is 7.88. The van der Waals surface area contributed by atoms with Crippen molar-refractivity contribution in [3.05, 3.63) is 23.3 Å². The summed E-state index contributed by atoms with van der Waals surface area (Å²) in [4.78, 5) is 15.2.